The average Bonchev–Trinajstić information content (AvgIpc) is 3.21. The Labute approximate surface area is 207 Å². The lowest BCUT2D eigenvalue weighted by molar-refractivity contribution is -0.122. The minimum Gasteiger partial charge on any atom is -0.452 e. The summed E-state index contributed by atoms with van der Waals surface area (Å²) < 4.78 is 7.52. The van der Waals surface area contributed by atoms with Crippen molar-refractivity contribution in [2.24, 2.45) is 5.92 Å². The summed E-state index contributed by atoms with van der Waals surface area (Å²) in [6.45, 7) is 5.91. The minimum absolute atomic E-state index is 0.0796. The first-order chi connectivity index (χ1) is 16.9. The zero-order valence-electron chi connectivity index (χ0n) is 21.2. The average molecular weight is 474 g/mol. The summed E-state index contributed by atoms with van der Waals surface area (Å²) in [4.78, 5) is 31.9. The van der Waals surface area contributed by atoms with Gasteiger partial charge in [-0.2, -0.15) is 0 Å². The fourth-order valence-electron chi connectivity index (χ4n) is 6.13. The molecule has 1 aliphatic carbocycles. The number of benzene rings is 2. The highest BCUT2D eigenvalue weighted by molar-refractivity contribution is 5.95. The highest BCUT2D eigenvalue weighted by Gasteiger charge is 2.33. The van der Waals surface area contributed by atoms with Gasteiger partial charge < -0.3 is 9.30 Å². The number of nitrogens with zero attached hydrogens (tertiary/aromatic N) is 3. The summed E-state index contributed by atoms with van der Waals surface area (Å²) in [5, 5.41) is 0. The van der Waals surface area contributed by atoms with Gasteiger partial charge in [0.2, 0.25) is 0 Å². The molecule has 0 saturated heterocycles. The van der Waals surface area contributed by atoms with Gasteiger partial charge in [-0.3, -0.25) is 9.69 Å². The van der Waals surface area contributed by atoms with Gasteiger partial charge in [-0.25, -0.2) is 9.78 Å². The van der Waals surface area contributed by atoms with E-state index in [9.17, 15) is 9.59 Å². The molecule has 2 heterocycles. The Morgan fingerprint density at radius 2 is 1.97 bits per heavy atom. The second kappa shape index (κ2) is 9.48. The number of imidazole rings is 1. The van der Waals surface area contributed by atoms with E-state index in [0.717, 1.165) is 73.1 Å². The molecule has 1 fully saturated rings. The summed E-state index contributed by atoms with van der Waals surface area (Å²) in [7, 11) is 1.44. The van der Waals surface area contributed by atoms with Crippen LogP contribution in [0.1, 0.15) is 74.5 Å². The van der Waals surface area contributed by atoms with Crippen LogP contribution in [0.3, 0.4) is 0 Å². The summed E-state index contributed by atoms with van der Waals surface area (Å²) in [5.41, 5.74) is 6.59. The third kappa shape index (κ3) is 4.35. The molecular weight excluding hydrogens is 438 g/mol. The van der Waals surface area contributed by atoms with Crippen LogP contribution in [0.5, 0.6) is 0 Å². The SMILES string of the molecule is COC(=O)N1c2ccc3c(nc(Cc4cccc(C)c4)n3[C@@H]3CCC[C@@H](C(C)=O)C3)c2CC[C@@H]1C. The van der Waals surface area contributed by atoms with Gasteiger partial charge in [-0.15, -0.1) is 0 Å². The van der Waals surface area contributed by atoms with Crippen LogP contribution >= 0.6 is 0 Å². The van der Waals surface area contributed by atoms with Crippen LogP contribution in [-0.2, 0) is 22.4 Å². The molecule has 0 N–H and O–H groups in total. The van der Waals surface area contributed by atoms with Crippen molar-refractivity contribution < 1.29 is 14.3 Å². The molecule has 3 aromatic rings. The van der Waals surface area contributed by atoms with Crippen molar-refractivity contribution in [3.05, 3.63) is 58.9 Å². The van der Waals surface area contributed by atoms with Crippen molar-refractivity contribution in [2.45, 2.75) is 77.8 Å². The third-order valence-corrected chi connectivity index (χ3v) is 7.93. The van der Waals surface area contributed by atoms with E-state index in [4.69, 9.17) is 9.72 Å². The van der Waals surface area contributed by atoms with Crippen molar-refractivity contribution in [1.82, 2.24) is 9.55 Å². The molecule has 6 heteroatoms. The number of carbonyl (C=O) groups is 2. The van der Waals surface area contributed by atoms with Crippen LogP contribution in [0.2, 0.25) is 0 Å². The Bertz CT molecular complexity index is 1280. The number of amides is 1. The number of methoxy groups -OCH3 is 1. The Hall–Kier alpha value is -3.15. The molecule has 1 saturated carbocycles. The van der Waals surface area contributed by atoms with E-state index < -0.39 is 0 Å². The van der Waals surface area contributed by atoms with Crippen LogP contribution in [0, 0.1) is 12.8 Å². The normalized spacial score (nSPS) is 22.2. The van der Waals surface area contributed by atoms with Crippen LogP contribution in [0.4, 0.5) is 10.5 Å². The fraction of sp³-hybridized carbons (Fsp3) is 0.483. The van der Waals surface area contributed by atoms with E-state index in [1.165, 1.54) is 18.2 Å². The van der Waals surface area contributed by atoms with Crippen LogP contribution < -0.4 is 4.90 Å². The van der Waals surface area contributed by atoms with Crippen molar-refractivity contribution in [2.75, 3.05) is 12.0 Å². The lowest BCUT2D eigenvalue weighted by Gasteiger charge is -2.34. The Morgan fingerprint density at radius 3 is 2.71 bits per heavy atom. The van der Waals surface area contributed by atoms with E-state index >= 15 is 0 Å². The number of Topliss-reactive ketones (excluding diaryl/α,β-unsaturated/α-hetero) is 1. The molecular formula is C29H35N3O3. The zero-order chi connectivity index (χ0) is 24.7. The van der Waals surface area contributed by atoms with Gasteiger partial charge >= 0.3 is 6.09 Å². The molecule has 0 unspecified atom stereocenters. The largest absolute Gasteiger partial charge is 0.452 e. The number of carbonyl (C=O) groups excluding carboxylic acids is 2. The number of ether oxygens (including phenoxy) is 1. The predicted molar refractivity (Wildman–Crippen MR) is 138 cm³/mol. The third-order valence-electron chi connectivity index (χ3n) is 7.93. The smallest absolute Gasteiger partial charge is 0.414 e. The molecule has 2 aliphatic rings. The lowest BCUT2D eigenvalue weighted by atomic mass is 9.83. The van der Waals surface area contributed by atoms with Crippen LogP contribution in [-0.4, -0.2) is 34.6 Å². The first kappa shape index (κ1) is 23.6. The molecule has 6 nitrogen and oxygen atoms in total. The second-order valence-corrected chi connectivity index (χ2v) is 10.4. The van der Waals surface area contributed by atoms with Crippen molar-refractivity contribution in [3.8, 4) is 0 Å². The molecule has 1 aliphatic heterocycles. The molecule has 184 valence electrons. The number of rotatable bonds is 4. The first-order valence-corrected chi connectivity index (χ1v) is 12.8. The summed E-state index contributed by atoms with van der Waals surface area (Å²) in [6.07, 6.45) is 6.12. The number of hydrogen-bond acceptors (Lipinski definition) is 4. The summed E-state index contributed by atoms with van der Waals surface area (Å²) in [5.74, 6) is 1.45. The van der Waals surface area contributed by atoms with E-state index in [2.05, 4.69) is 54.8 Å². The van der Waals surface area contributed by atoms with Gasteiger partial charge in [0.05, 0.1) is 23.8 Å². The van der Waals surface area contributed by atoms with Gasteiger partial charge in [0.25, 0.3) is 0 Å². The minimum atomic E-state index is -0.325. The topological polar surface area (TPSA) is 64.4 Å². The molecule has 35 heavy (non-hydrogen) atoms. The molecule has 0 radical (unpaired) electrons. The van der Waals surface area contributed by atoms with Crippen LogP contribution in [0.15, 0.2) is 36.4 Å². The van der Waals surface area contributed by atoms with Gasteiger partial charge in [0, 0.05) is 30.0 Å². The summed E-state index contributed by atoms with van der Waals surface area (Å²) in [6, 6.07) is 13.1. The van der Waals surface area contributed by atoms with Crippen molar-refractivity contribution in [1.29, 1.82) is 0 Å². The Balaban J connectivity index is 1.66. The van der Waals surface area contributed by atoms with E-state index in [1.54, 1.807) is 11.8 Å². The number of anilines is 1. The Kier molecular flexibility index (Phi) is 6.39. The molecule has 1 amide bonds. The van der Waals surface area contributed by atoms with E-state index in [-0.39, 0.29) is 24.1 Å². The highest BCUT2D eigenvalue weighted by Crippen LogP contribution is 2.41. The van der Waals surface area contributed by atoms with Crippen molar-refractivity contribution >= 4 is 28.6 Å². The molecule has 0 bridgehead atoms. The summed E-state index contributed by atoms with van der Waals surface area (Å²) >= 11 is 0. The maximum absolute atomic E-state index is 12.6. The van der Waals surface area contributed by atoms with E-state index in [1.807, 2.05) is 0 Å². The molecule has 2 aromatic carbocycles. The molecule has 0 spiro atoms. The van der Waals surface area contributed by atoms with Crippen molar-refractivity contribution in [3.63, 3.8) is 0 Å². The lowest BCUT2D eigenvalue weighted by Crippen LogP contribution is -2.42. The number of fused-ring (bicyclic) bond motifs is 3. The molecule has 5 rings (SSSR count). The molecule has 3 atom stereocenters. The number of aromatic nitrogens is 2. The quantitative estimate of drug-likeness (QED) is 0.455. The number of ketones is 1. The van der Waals surface area contributed by atoms with E-state index in [0.29, 0.717) is 5.78 Å². The van der Waals surface area contributed by atoms with Gasteiger partial charge in [0.1, 0.15) is 11.6 Å². The first-order valence-electron chi connectivity index (χ1n) is 12.8. The van der Waals surface area contributed by atoms with Gasteiger partial charge in [-0.05, 0) is 70.6 Å². The zero-order valence-corrected chi connectivity index (χ0v) is 21.2. The maximum Gasteiger partial charge on any atom is 0.414 e. The number of hydrogen-bond donors (Lipinski definition) is 0. The molecule has 1 aromatic heterocycles. The fourth-order valence-corrected chi connectivity index (χ4v) is 6.13. The second-order valence-electron chi connectivity index (χ2n) is 10.4. The highest BCUT2D eigenvalue weighted by atomic mass is 16.5. The van der Waals surface area contributed by atoms with Crippen LogP contribution in [0.25, 0.3) is 11.0 Å². The predicted octanol–water partition coefficient (Wildman–Crippen LogP) is 6.16. The monoisotopic (exact) mass is 473 g/mol. The van der Waals surface area contributed by atoms with Gasteiger partial charge in [0.15, 0.2) is 0 Å². The maximum atomic E-state index is 12.6. The standard InChI is InChI=1S/C29H35N3O3/c1-18-7-5-8-21(15-18)16-27-30-28-24-12-11-19(2)31(29(34)35-4)25(24)13-14-26(28)32(27)23-10-6-9-22(17-23)20(3)33/h5,7-8,13-15,19,22-23H,6,9-12,16-17H2,1-4H3/t19-,22+,23+/m0/s1. The van der Waals surface area contributed by atoms with Gasteiger partial charge in [-0.1, -0.05) is 36.2 Å². The number of aryl methyl sites for hydroxylation is 2. The Morgan fingerprint density at radius 1 is 1.14 bits per heavy atom.